The Kier molecular flexibility index (Phi) is 6.82. The topological polar surface area (TPSA) is 116 Å². The van der Waals surface area contributed by atoms with Crippen molar-refractivity contribution in [1.82, 2.24) is 5.32 Å². The first kappa shape index (κ1) is 19.6. The zero-order valence-corrected chi connectivity index (χ0v) is 14.6. The van der Waals surface area contributed by atoms with Crippen molar-refractivity contribution in [3.8, 4) is 0 Å². The number of ketones is 1. The molecule has 8 nitrogen and oxygen atoms in total. The monoisotopic (exact) mass is 362 g/mol. The average molecular weight is 362 g/mol. The average Bonchev–Trinajstić information content (AvgIpc) is 2.85. The summed E-state index contributed by atoms with van der Waals surface area (Å²) in [5, 5.41) is 13.4. The second kappa shape index (κ2) is 9.07. The van der Waals surface area contributed by atoms with E-state index >= 15 is 0 Å². The van der Waals surface area contributed by atoms with Gasteiger partial charge in [-0.05, 0) is 11.5 Å². The van der Waals surface area contributed by atoms with Crippen molar-refractivity contribution in [2.24, 2.45) is 17.8 Å². The molecule has 0 saturated heterocycles. The van der Waals surface area contributed by atoms with Gasteiger partial charge in [-0.2, -0.15) is 0 Å². The van der Waals surface area contributed by atoms with Crippen LogP contribution < -0.4 is 5.32 Å². The summed E-state index contributed by atoms with van der Waals surface area (Å²) in [7, 11) is 0. The minimum atomic E-state index is -0.713. The quantitative estimate of drug-likeness (QED) is 0.424. The fourth-order valence-electron chi connectivity index (χ4n) is 3.23. The molecule has 0 unspecified atom stereocenters. The Labute approximate surface area is 151 Å². The van der Waals surface area contributed by atoms with Crippen molar-refractivity contribution < 1.29 is 24.0 Å². The molecule has 1 aromatic rings. The van der Waals surface area contributed by atoms with Crippen molar-refractivity contribution >= 4 is 17.7 Å². The Morgan fingerprint density at radius 3 is 2.65 bits per heavy atom. The molecule has 0 aromatic heterocycles. The highest BCUT2D eigenvalue weighted by Gasteiger charge is 2.44. The number of nitro groups is 1. The summed E-state index contributed by atoms with van der Waals surface area (Å²) in [6, 6.07) is 9.28. The van der Waals surface area contributed by atoms with Crippen molar-refractivity contribution in [3.05, 3.63) is 46.0 Å². The molecule has 8 heteroatoms. The van der Waals surface area contributed by atoms with Crippen LogP contribution in [0.25, 0.3) is 0 Å². The van der Waals surface area contributed by atoms with Crippen LogP contribution in [0.15, 0.2) is 30.3 Å². The van der Waals surface area contributed by atoms with Gasteiger partial charge in [-0.25, -0.2) is 0 Å². The van der Waals surface area contributed by atoms with Crippen molar-refractivity contribution in [2.75, 3.05) is 13.2 Å². The van der Waals surface area contributed by atoms with Gasteiger partial charge in [-0.3, -0.25) is 24.5 Å². The van der Waals surface area contributed by atoms with E-state index in [0.29, 0.717) is 6.54 Å². The number of nitrogens with zero attached hydrogens (tertiary/aromatic N) is 1. The number of benzene rings is 1. The zero-order valence-electron chi connectivity index (χ0n) is 14.6. The van der Waals surface area contributed by atoms with Gasteiger partial charge in [-0.1, -0.05) is 37.3 Å². The van der Waals surface area contributed by atoms with Crippen LogP contribution >= 0.6 is 0 Å². The molecule has 0 spiro atoms. The maximum absolute atomic E-state index is 12.0. The van der Waals surface area contributed by atoms with Crippen molar-refractivity contribution in [1.29, 1.82) is 0 Å². The number of hydrogen-bond acceptors (Lipinski definition) is 6. The number of nitrogens with one attached hydrogen (secondary N) is 1. The van der Waals surface area contributed by atoms with Gasteiger partial charge >= 0.3 is 5.97 Å². The van der Waals surface area contributed by atoms with Gasteiger partial charge in [0, 0.05) is 29.7 Å². The summed E-state index contributed by atoms with van der Waals surface area (Å²) in [6.07, 6.45) is 0.00165. The second-order valence-corrected chi connectivity index (χ2v) is 6.56. The second-order valence-electron chi connectivity index (χ2n) is 6.56. The highest BCUT2D eigenvalue weighted by molar-refractivity contribution is 5.88. The molecule has 0 aliphatic heterocycles. The lowest BCUT2D eigenvalue weighted by Crippen LogP contribution is -2.30. The Bertz CT molecular complexity index is 676. The first-order valence-corrected chi connectivity index (χ1v) is 8.47. The lowest BCUT2D eigenvalue weighted by Gasteiger charge is -2.17. The van der Waals surface area contributed by atoms with E-state index in [0.717, 1.165) is 5.56 Å². The maximum atomic E-state index is 12.0. The molecular formula is C18H22N2O6. The number of esters is 1. The molecule has 0 heterocycles. The molecule has 1 aliphatic carbocycles. The molecule has 140 valence electrons. The van der Waals surface area contributed by atoms with Gasteiger partial charge in [0.25, 0.3) is 5.91 Å². The molecule has 1 aromatic carbocycles. The van der Waals surface area contributed by atoms with Crippen LogP contribution in [0.3, 0.4) is 0 Å². The minimum Gasteiger partial charge on any atom is -0.456 e. The Balaban J connectivity index is 1.77. The molecule has 1 fully saturated rings. The van der Waals surface area contributed by atoms with Gasteiger partial charge in [0.15, 0.2) is 6.61 Å². The molecule has 1 N–H and O–H groups in total. The highest BCUT2D eigenvalue weighted by atomic mass is 16.6. The first-order valence-electron chi connectivity index (χ1n) is 8.47. The van der Waals surface area contributed by atoms with E-state index in [4.69, 9.17) is 4.74 Å². The number of ether oxygens (including phenoxy) is 1. The van der Waals surface area contributed by atoms with Crippen LogP contribution in [-0.4, -0.2) is 35.7 Å². The lowest BCUT2D eigenvalue weighted by molar-refractivity contribution is -0.490. The first-order chi connectivity index (χ1) is 12.4. The maximum Gasteiger partial charge on any atom is 0.307 e. The lowest BCUT2D eigenvalue weighted by atomic mass is 9.88. The van der Waals surface area contributed by atoms with Crippen LogP contribution in [0.5, 0.6) is 0 Å². The van der Waals surface area contributed by atoms with E-state index in [1.165, 1.54) is 0 Å². The standard InChI is InChI=1S/C18H22N2O6/c1-12-7-16(21)14(15(12)10-20(24)25)8-18(23)26-11-17(22)19-9-13-5-3-2-4-6-13/h2-6,12,14-15H,7-11H2,1H3,(H,19,22)/t12-,14+,15-/m1/s1. The Hall–Kier alpha value is -2.77. The van der Waals surface area contributed by atoms with Gasteiger partial charge in [-0.15, -0.1) is 0 Å². The number of amides is 1. The summed E-state index contributed by atoms with van der Waals surface area (Å²) in [5.74, 6) is -2.63. The Morgan fingerprint density at radius 2 is 2.00 bits per heavy atom. The van der Waals surface area contributed by atoms with Crippen LogP contribution in [-0.2, 0) is 25.7 Å². The molecule has 3 atom stereocenters. The van der Waals surface area contributed by atoms with Crippen LogP contribution in [0.1, 0.15) is 25.3 Å². The predicted molar refractivity (Wildman–Crippen MR) is 91.5 cm³/mol. The van der Waals surface area contributed by atoms with Crippen LogP contribution in [0, 0.1) is 27.9 Å². The smallest absolute Gasteiger partial charge is 0.307 e. The third kappa shape index (κ3) is 5.65. The highest BCUT2D eigenvalue weighted by Crippen LogP contribution is 2.36. The zero-order chi connectivity index (χ0) is 19.1. The van der Waals surface area contributed by atoms with Gasteiger partial charge in [0.2, 0.25) is 6.54 Å². The minimum absolute atomic E-state index is 0.139. The summed E-state index contributed by atoms with van der Waals surface area (Å²) in [6.45, 7) is 1.31. The molecule has 0 radical (unpaired) electrons. The molecule has 1 amide bonds. The van der Waals surface area contributed by atoms with Gasteiger partial charge < -0.3 is 10.1 Å². The normalized spacial score (nSPS) is 22.0. The summed E-state index contributed by atoms with van der Waals surface area (Å²) < 4.78 is 4.92. The largest absolute Gasteiger partial charge is 0.456 e. The fourth-order valence-corrected chi connectivity index (χ4v) is 3.23. The third-order valence-electron chi connectivity index (χ3n) is 4.63. The fraction of sp³-hybridized carbons (Fsp3) is 0.500. The number of carbonyl (C=O) groups is 3. The molecule has 2 rings (SSSR count). The van der Waals surface area contributed by atoms with Crippen LogP contribution in [0.2, 0.25) is 0 Å². The molecular weight excluding hydrogens is 340 g/mol. The number of hydrogen-bond donors (Lipinski definition) is 1. The SMILES string of the molecule is C[C@@H]1CC(=O)[C@@H](CC(=O)OCC(=O)NCc2ccccc2)[C@@H]1C[N+](=O)[O-]. The van der Waals surface area contributed by atoms with Crippen LogP contribution in [0.4, 0.5) is 0 Å². The van der Waals surface area contributed by atoms with Gasteiger partial charge in [0.05, 0.1) is 6.42 Å². The molecule has 0 bridgehead atoms. The van der Waals surface area contributed by atoms with Crippen molar-refractivity contribution in [3.63, 3.8) is 0 Å². The molecule has 26 heavy (non-hydrogen) atoms. The predicted octanol–water partition coefficient (Wildman–Crippen LogP) is 1.35. The summed E-state index contributed by atoms with van der Waals surface area (Å²) in [4.78, 5) is 46.0. The Morgan fingerprint density at radius 1 is 1.31 bits per heavy atom. The van der Waals surface area contributed by atoms with E-state index in [1.807, 2.05) is 30.3 Å². The van der Waals surface area contributed by atoms with E-state index in [9.17, 15) is 24.5 Å². The third-order valence-corrected chi connectivity index (χ3v) is 4.63. The van der Waals surface area contributed by atoms with Gasteiger partial charge in [0.1, 0.15) is 5.78 Å². The van der Waals surface area contributed by atoms with E-state index in [2.05, 4.69) is 5.32 Å². The van der Waals surface area contributed by atoms with E-state index in [-0.39, 0.29) is 31.1 Å². The van der Waals surface area contributed by atoms with E-state index in [1.54, 1.807) is 6.92 Å². The number of rotatable bonds is 8. The molecule has 1 saturated carbocycles. The van der Waals surface area contributed by atoms with Crippen molar-refractivity contribution in [2.45, 2.75) is 26.3 Å². The van der Waals surface area contributed by atoms with E-state index < -0.39 is 35.2 Å². The number of Topliss-reactive ketones (excluding diaryl/α,β-unsaturated/α-hetero) is 1. The molecule has 1 aliphatic rings. The summed E-state index contributed by atoms with van der Waals surface area (Å²) >= 11 is 0. The summed E-state index contributed by atoms with van der Waals surface area (Å²) in [5.41, 5.74) is 0.917. The number of carbonyl (C=O) groups excluding carboxylic acids is 3.